The summed E-state index contributed by atoms with van der Waals surface area (Å²) in [4.78, 5) is 22.9. The second-order valence-electron chi connectivity index (χ2n) is 8.16. The van der Waals surface area contributed by atoms with E-state index in [9.17, 15) is 9.18 Å². The zero-order chi connectivity index (χ0) is 22.4. The van der Waals surface area contributed by atoms with Crippen molar-refractivity contribution in [3.63, 3.8) is 0 Å². The lowest BCUT2D eigenvalue weighted by atomic mass is 9.97. The first-order valence-electron chi connectivity index (χ1n) is 10.8. The van der Waals surface area contributed by atoms with E-state index in [0.29, 0.717) is 24.4 Å². The van der Waals surface area contributed by atoms with Crippen molar-refractivity contribution < 1.29 is 9.18 Å². The molecule has 2 aromatic carbocycles. The third-order valence-electron chi connectivity index (χ3n) is 6.28. The fourth-order valence-corrected chi connectivity index (χ4v) is 4.72. The summed E-state index contributed by atoms with van der Waals surface area (Å²) in [6.07, 6.45) is 6.21. The summed E-state index contributed by atoms with van der Waals surface area (Å²) < 4.78 is 13.5. The molecule has 1 aliphatic heterocycles. The molecule has 0 aliphatic carbocycles. The molecule has 1 atom stereocenters. The molecule has 3 aromatic heterocycles. The highest BCUT2D eigenvalue weighted by Gasteiger charge is 2.42. The number of para-hydroxylation sites is 1. The predicted molar refractivity (Wildman–Crippen MR) is 123 cm³/mol. The summed E-state index contributed by atoms with van der Waals surface area (Å²) in [6, 6.07) is 17.8. The van der Waals surface area contributed by atoms with E-state index < -0.39 is 0 Å². The normalized spacial score (nSPS) is 15.4. The van der Waals surface area contributed by atoms with Gasteiger partial charge in [0.2, 0.25) is 0 Å². The highest BCUT2D eigenvalue weighted by atomic mass is 19.1. The molecule has 0 fully saturated rings. The number of hydrogen-bond donors (Lipinski definition) is 2. The van der Waals surface area contributed by atoms with E-state index in [1.54, 1.807) is 24.5 Å². The average molecular weight is 437 g/mol. The second-order valence-corrected chi connectivity index (χ2v) is 8.16. The lowest BCUT2D eigenvalue weighted by Gasteiger charge is -2.26. The molecule has 0 spiro atoms. The zero-order valence-electron chi connectivity index (χ0n) is 17.6. The monoisotopic (exact) mass is 437 g/mol. The third kappa shape index (κ3) is 3.20. The number of halogens is 1. The van der Waals surface area contributed by atoms with Gasteiger partial charge < -0.3 is 9.88 Å². The number of benzene rings is 2. The maximum absolute atomic E-state index is 13.5. The highest BCUT2D eigenvalue weighted by Crippen LogP contribution is 2.42. The van der Waals surface area contributed by atoms with Crippen LogP contribution in [0.2, 0.25) is 0 Å². The second kappa shape index (κ2) is 7.70. The van der Waals surface area contributed by atoms with Crippen LogP contribution in [0.5, 0.6) is 0 Å². The molecule has 5 aromatic rings. The largest absolute Gasteiger partial charge is 0.361 e. The molecule has 0 radical (unpaired) electrons. The Bertz CT molecular complexity index is 1460. The number of fused-ring (bicyclic) bond motifs is 2. The Balaban J connectivity index is 1.40. The summed E-state index contributed by atoms with van der Waals surface area (Å²) >= 11 is 0. The molecule has 1 amide bonds. The Hall–Kier alpha value is -4.26. The highest BCUT2D eigenvalue weighted by molar-refractivity contribution is 6.00. The Labute approximate surface area is 189 Å². The van der Waals surface area contributed by atoms with Crippen molar-refractivity contribution in [3.8, 4) is 11.3 Å². The van der Waals surface area contributed by atoms with E-state index >= 15 is 0 Å². The van der Waals surface area contributed by atoms with Crippen molar-refractivity contribution in [3.05, 3.63) is 107 Å². The number of aromatic nitrogens is 4. The number of nitrogens with zero attached hydrogens (tertiary/aromatic N) is 3. The van der Waals surface area contributed by atoms with Gasteiger partial charge in [0.05, 0.1) is 11.7 Å². The molecule has 2 N–H and O–H groups in total. The van der Waals surface area contributed by atoms with Gasteiger partial charge in [0.15, 0.2) is 0 Å². The minimum Gasteiger partial charge on any atom is -0.361 e. The number of aromatic amines is 2. The van der Waals surface area contributed by atoms with Gasteiger partial charge in [-0.25, -0.2) is 4.39 Å². The van der Waals surface area contributed by atoms with Crippen LogP contribution in [-0.4, -0.2) is 37.5 Å². The van der Waals surface area contributed by atoms with E-state index in [1.165, 1.54) is 12.1 Å². The Kier molecular flexibility index (Phi) is 4.54. The molecule has 0 saturated heterocycles. The van der Waals surface area contributed by atoms with Gasteiger partial charge in [-0.15, -0.1) is 0 Å². The van der Waals surface area contributed by atoms with E-state index in [-0.39, 0.29) is 17.8 Å². The molecular weight excluding hydrogens is 417 g/mol. The fraction of sp³-hybridized carbons (Fsp3) is 0.115. The lowest BCUT2D eigenvalue weighted by Crippen LogP contribution is -2.31. The molecule has 6 rings (SSSR count). The molecule has 7 heteroatoms. The topological polar surface area (TPSA) is 77.7 Å². The van der Waals surface area contributed by atoms with Crippen LogP contribution in [0.4, 0.5) is 4.39 Å². The third-order valence-corrected chi connectivity index (χ3v) is 6.28. The number of carbonyl (C=O) groups is 1. The van der Waals surface area contributed by atoms with Crippen LogP contribution in [0.3, 0.4) is 0 Å². The van der Waals surface area contributed by atoms with Crippen LogP contribution in [-0.2, 0) is 6.42 Å². The maximum atomic E-state index is 13.5. The number of pyridine rings is 1. The van der Waals surface area contributed by atoms with Gasteiger partial charge in [0.1, 0.15) is 11.5 Å². The average Bonchev–Trinajstić information content (AvgIpc) is 3.53. The smallest absolute Gasteiger partial charge is 0.273 e. The Morgan fingerprint density at radius 2 is 1.88 bits per heavy atom. The fourth-order valence-electron chi connectivity index (χ4n) is 4.72. The number of H-pyrrole nitrogens is 2. The number of carbonyl (C=O) groups excluding carboxylic acids is 1. The minimum absolute atomic E-state index is 0.0976. The summed E-state index contributed by atoms with van der Waals surface area (Å²) in [5.41, 5.74) is 5.85. The van der Waals surface area contributed by atoms with E-state index in [2.05, 4.69) is 26.2 Å². The maximum Gasteiger partial charge on any atom is 0.273 e. The van der Waals surface area contributed by atoms with Gasteiger partial charge in [-0.1, -0.05) is 24.3 Å². The van der Waals surface area contributed by atoms with E-state index in [0.717, 1.165) is 33.2 Å². The van der Waals surface area contributed by atoms with Crippen molar-refractivity contribution in [1.29, 1.82) is 0 Å². The van der Waals surface area contributed by atoms with Crippen LogP contribution in [0.1, 0.15) is 33.2 Å². The summed E-state index contributed by atoms with van der Waals surface area (Å²) in [6.45, 7) is 0.533. The summed E-state index contributed by atoms with van der Waals surface area (Å²) in [7, 11) is 0. The van der Waals surface area contributed by atoms with Gasteiger partial charge >= 0.3 is 0 Å². The summed E-state index contributed by atoms with van der Waals surface area (Å²) in [5, 5.41) is 8.53. The van der Waals surface area contributed by atoms with Crippen molar-refractivity contribution in [1.82, 2.24) is 25.1 Å². The van der Waals surface area contributed by atoms with Gasteiger partial charge in [0.25, 0.3) is 5.91 Å². The number of nitrogens with one attached hydrogen (secondary N) is 2. The lowest BCUT2D eigenvalue weighted by molar-refractivity contribution is 0.0746. The predicted octanol–water partition coefficient (Wildman–Crippen LogP) is 4.88. The molecule has 1 aliphatic rings. The molecular formula is C26H20FN5O. The van der Waals surface area contributed by atoms with Gasteiger partial charge in [-0.2, -0.15) is 5.10 Å². The van der Waals surface area contributed by atoms with Crippen LogP contribution >= 0.6 is 0 Å². The first-order valence-corrected chi connectivity index (χ1v) is 10.8. The van der Waals surface area contributed by atoms with Crippen molar-refractivity contribution in [2.45, 2.75) is 12.5 Å². The van der Waals surface area contributed by atoms with Crippen LogP contribution < -0.4 is 0 Å². The van der Waals surface area contributed by atoms with Crippen LogP contribution in [0.25, 0.3) is 22.2 Å². The zero-order valence-corrected chi connectivity index (χ0v) is 17.6. The number of amides is 1. The van der Waals surface area contributed by atoms with Crippen molar-refractivity contribution in [2.75, 3.05) is 6.54 Å². The molecule has 162 valence electrons. The van der Waals surface area contributed by atoms with Crippen molar-refractivity contribution >= 4 is 16.8 Å². The van der Waals surface area contributed by atoms with Crippen LogP contribution in [0.15, 0.2) is 79.3 Å². The van der Waals surface area contributed by atoms with Gasteiger partial charge in [-0.3, -0.25) is 14.9 Å². The Morgan fingerprint density at radius 3 is 2.70 bits per heavy atom. The van der Waals surface area contributed by atoms with E-state index in [4.69, 9.17) is 0 Å². The first-order chi connectivity index (χ1) is 16.2. The first kappa shape index (κ1) is 19.4. The Morgan fingerprint density at radius 1 is 1.03 bits per heavy atom. The molecule has 4 heterocycles. The summed E-state index contributed by atoms with van der Waals surface area (Å²) in [5.74, 6) is -0.411. The molecule has 0 bridgehead atoms. The van der Waals surface area contributed by atoms with Gasteiger partial charge in [0, 0.05) is 47.2 Å². The molecule has 33 heavy (non-hydrogen) atoms. The standard InChI is InChI=1S/C26H20FN5O/c27-19-9-7-16(8-10-19)23-22-24(31-30-23)26(33)32(25(22)18-4-3-12-28-14-18)13-11-17-15-29-21-6-2-1-5-20(17)21/h1-10,12,14-15,25,29H,11,13H2,(H,30,31)/t25-/m1/s1. The quantitative estimate of drug-likeness (QED) is 0.411. The van der Waals surface area contributed by atoms with E-state index in [1.807, 2.05) is 41.4 Å². The number of hydrogen-bond acceptors (Lipinski definition) is 3. The molecule has 6 nitrogen and oxygen atoms in total. The number of rotatable bonds is 5. The molecule has 0 unspecified atom stereocenters. The van der Waals surface area contributed by atoms with Gasteiger partial charge in [-0.05, 0) is 53.9 Å². The minimum atomic E-state index is -0.329. The SMILES string of the molecule is O=C1c2[nH]nc(-c3ccc(F)cc3)c2[C@@H](c2cccnc2)N1CCc1c[nH]c2ccccc12. The van der Waals surface area contributed by atoms with Crippen LogP contribution in [0, 0.1) is 5.82 Å². The molecule has 0 saturated carbocycles. The van der Waals surface area contributed by atoms with Crippen molar-refractivity contribution in [2.24, 2.45) is 0 Å².